The first-order valence-electron chi connectivity index (χ1n) is 5.93. The van der Waals surface area contributed by atoms with E-state index >= 15 is 0 Å². The predicted octanol–water partition coefficient (Wildman–Crippen LogP) is 2.13. The lowest BCUT2D eigenvalue weighted by atomic mass is 10.1. The van der Waals surface area contributed by atoms with Crippen LogP contribution in [0.3, 0.4) is 0 Å². The summed E-state index contributed by atoms with van der Waals surface area (Å²) in [6.07, 6.45) is 8.61. The maximum absolute atomic E-state index is 4.32. The van der Waals surface area contributed by atoms with Crippen molar-refractivity contribution in [2.75, 3.05) is 6.54 Å². The lowest BCUT2D eigenvalue weighted by Gasteiger charge is -2.12. The molecule has 1 atom stereocenters. The molecule has 0 aliphatic carbocycles. The minimum absolute atomic E-state index is 0.630. The molecule has 3 heteroatoms. The summed E-state index contributed by atoms with van der Waals surface area (Å²) in [6.45, 7) is 5.59. The first-order chi connectivity index (χ1) is 7.24. The van der Waals surface area contributed by atoms with Crippen LogP contribution in [0.25, 0.3) is 0 Å². The summed E-state index contributed by atoms with van der Waals surface area (Å²) in [6, 6.07) is 0.630. The number of nitrogens with one attached hydrogen (secondary N) is 1. The van der Waals surface area contributed by atoms with Gasteiger partial charge >= 0.3 is 0 Å². The molecule has 0 spiro atoms. The fraction of sp³-hybridized carbons (Fsp3) is 0.750. The first kappa shape index (κ1) is 12.2. The van der Waals surface area contributed by atoms with E-state index in [4.69, 9.17) is 0 Å². The van der Waals surface area contributed by atoms with Crippen molar-refractivity contribution in [1.29, 1.82) is 0 Å². The zero-order valence-electron chi connectivity index (χ0n) is 10.2. The summed E-state index contributed by atoms with van der Waals surface area (Å²) < 4.78 is 2.10. The summed E-state index contributed by atoms with van der Waals surface area (Å²) in [5.41, 5.74) is 0. The highest BCUT2D eigenvalue weighted by Gasteiger charge is 2.02. The van der Waals surface area contributed by atoms with Gasteiger partial charge in [-0.05, 0) is 32.7 Å². The van der Waals surface area contributed by atoms with Crippen molar-refractivity contribution in [3.63, 3.8) is 0 Å². The van der Waals surface area contributed by atoms with Gasteiger partial charge in [0.25, 0.3) is 0 Å². The number of aryl methyl sites for hydroxylation is 2. The Kier molecular flexibility index (Phi) is 5.40. The molecule has 0 aliphatic heterocycles. The maximum Gasteiger partial charge on any atom is 0.108 e. The van der Waals surface area contributed by atoms with E-state index in [0.717, 1.165) is 13.0 Å². The molecular formula is C12H23N3. The van der Waals surface area contributed by atoms with E-state index in [2.05, 4.69) is 35.8 Å². The molecule has 0 radical (unpaired) electrons. The first-order valence-corrected chi connectivity index (χ1v) is 5.93. The Hall–Kier alpha value is -0.830. The number of hydrogen-bond donors (Lipinski definition) is 1. The van der Waals surface area contributed by atoms with E-state index in [9.17, 15) is 0 Å². The van der Waals surface area contributed by atoms with Crippen LogP contribution in [0, 0.1) is 0 Å². The molecule has 0 amide bonds. The Morgan fingerprint density at radius 2 is 2.33 bits per heavy atom. The molecule has 86 valence electrons. The second kappa shape index (κ2) is 6.62. The van der Waals surface area contributed by atoms with Gasteiger partial charge in [-0.2, -0.15) is 0 Å². The number of nitrogens with zero attached hydrogens (tertiary/aromatic N) is 2. The van der Waals surface area contributed by atoms with Crippen molar-refractivity contribution >= 4 is 0 Å². The van der Waals surface area contributed by atoms with Gasteiger partial charge in [0.2, 0.25) is 0 Å². The van der Waals surface area contributed by atoms with Crippen LogP contribution in [0.2, 0.25) is 0 Å². The zero-order chi connectivity index (χ0) is 11.1. The Labute approximate surface area is 92.9 Å². The molecule has 0 saturated carbocycles. The molecule has 15 heavy (non-hydrogen) atoms. The fourth-order valence-corrected chi connectivity index (χ4v) is 1.70. The average molecular weight is 209 g/mol. The Balaban J connectivity index is 2.13. The van der Waals surface area contributed by atoms with Crippen LogP contribution in [0.15, 0.2) is 12.4 Å². The molecule has 1 N–H and O–H groups in total. The zero-order valence-corrected chi connectivity index (χ0v) is 10.2. The second-order valence-corrected chi connectivity index (χ2v) is 4.20. The number of imidazole rings is 1. The second-order valence-electron chi connectivity index (χ2n) is 4.20. The summed E-state index contributed by atoms with van der Waals surface area (Å²) in [5, 5.41) is 3.50. The van der Waals surface area contributed by atoms with E-state index in [0.29, 0.717) is 6.04 Å². The van der Waals surface area contributed by atoms with Gasteiger partial charge in [-0.1, -0.05) is 6.92 Å². The SMILES string of the molecule is CCCNC(C)CCCc1nccn1C. The van der Waals surface area contributed by atoms with Crippen molar-refractivity contribution in [2.45, 2.75) is 45.6 Å². The Morgan fingerprint density at radius 1 is 1.53 bits per heavy atom. The minimum Gasteiger partial charge on any atom is -0.338 e. The Morgan fingerprint density at radius 3 is 2.93 bits per heavy atom. The van der Waals surface area contributed by atoms with Gasteiger partial charge < -0.3 is 9.88 Å². The summed E-state index contributed by atoms with van der Waals surface area (Å²) in [5.74, 6) is 1.19. The molecule has 0 fully saturated rings. The van der Waals surface area contributed by atoms with Crippen LogP contribution in [-0.2, 0) is 13.5 Å². The van der Waals surface area contributed by atoms with Crippen molar-refractivity contribution in [3.8, 4) is 0 Å². The lowest BCUT2D eigenvalue weighted by molar-refractivity contribution is 0.493. The topological polar surface area (TPSA) is 29.9 Å². The largest absolute Gasteiger partial charge is 0.338 e. The molecule has 1 aromatic heterocycles. The highest BCUT2D eigenvalue weighted by molar-refractivity contribution is 4.91. The summed E-state index contributed by atoms with van der Waals surface area (Å²) in [4.78, 5) is 4.32. The quantitative estimate of drug-likeness (QED) is 0.745. The number of aromatic nitrogens is 2. The molecule has 1 aromatic rings. The average Bonchev–Trinajstić information content (AvgIpc) is 2.61. The number of rotatable bonds is 7. The minimum atomic E-state index is 0.630. The lowest BCUT2D eigenvalue weighted by Crippen LogP contribution is -2.26. The van der Waals surface area contributed by atoms with Crippen LogP contribution in [0.4, 0.5) is 0 Å². The van der Waals surface area contributed by atoms with Gasteiger partial charge in [-0.3, -0.25) is 0 Å². The van der Waals surface area contributed by atoms with E-state index in [-0.39, 0.29) is 0 Å². The van der Waals surface area contributed by atoms with Crippen LogP contribution >= 0.6 is 0 Å². The normalized spacial score (nSPS) is 13.0. The smallest absolute Gasteiger partial charge is 0.108 e. The van der Waals surface area contributed by atoms with Gasteiger partial charge in [0, 0.05) is 31.9 Å². The third-order valence-corrected chi connectivity index (χ3v) is 2.70. The molecule has 0 bridgehead atoms. The summed E-state index contributed by atoms with van der Waals surface area (Å²) >= 11 is 0. The van der Waals surface area contributed by atoms with Gasteiger partial charge in [-0.25, -0.2) is 4.98 Å². The van der Waals surface area contributed by atoms with Gasteiger partial charge in [0.05, 0.1) is 0 Å². The van der Waals surface area contributed by atoms with Gasteiger partial charge in [-0.15, -0.1) is 0 Å². The Bertz CT molecular complexity index is 268. The monoisotopic (exact) mass is 209 g/mol. The van der Waals surface area contributed by atoms with Crippen LogP contribution in [0.1, 0.15) is 38.9 Å². The summed E-state index contributed by atoms with van der Waals surface area (Å²) in [7, 11) is 2.06. The van der Waals surface area contributed by atoms with Gasteiger partial charge in [0.1, 0.15) is 5.82 Å². The maximum atomic E-state index is 4.32. The van der Waals surface area contributed by atoms with E-state index in [1.807, 2.05) is 12.4 Å². The van der Waals surface area contributed by atoms with Crippen molar-refractivity contribution in [2.24, 2.45) is 7.05 Å². The predicted molar refractivity (Wildman–Crippen MR) is 63.9 cm³/mol. The van der Waals surface area contributed by atoms with E-state index in [1.165, 1.54) is 25.1 Å². The third kappa shape index (κ3) is 4.47. The molecule has 0 aromatic carbocycles. The molecule has 1 heterocycles. The van der Waals surface area contributed by atoms with Crippen molar-refractivity contribution in [1.82, 2.24) is 14.9 Å². The van der Waals surface area contributed by atoms with Gasteiger partial charge in [0.15, 0.2) is 0 Å². The number of hydrogen-bond acceptors (Lipinski definition) is 2. The molecule has 3 nitrogen and oxygen atoms in total. The van der Waals surface area contributed by atoms with Crippen LogP contribution in [0.5, 0.6) is 0 Å². The van der Waals surface area contributed by atoms with Crippen LogP contribution < -0.4 is 5.32 Å². The fourth-order valence-electron chi connectivity index (χ4n) is 1.70. The van der Waals surface area contributed by atoms with Crippen molar-refractivity contribution in [3.05, 3.63) is 18.2 Å². The standard InChI is InChI=1S/C12H23N3/c1-4-8-13-11(2)6-5-7-12-14-9-10-15(12)3/h9-11,13H,4-8H2,1-3H3. The van der Waals surface area contributed by atoms with Crippen molar-refractivity contribution < 1.29 is 0 Å². The third-order valence-electron chi connectivity index (χ3n) is 2.70. The van der Waals surface area contributed by atoms with E-state index in [1.54, 1.807) is 0 Å². The molecule has 0 saturated heterocycles. The highest BCUT2D eigenvalue weighted by atomic mass is 15.0. The molecule has 1 rings (SSSR count). The molecule has 0 aliphatic rings. The highest BCUT2D eigenvalue weighted by Crippen LogP contribution is 2.04. The molecule has 1 unspecified atom stereocenters. The molecular weight excluding hydrogens is 186 g/mol. The van der Waals surface area contributed by atoms with Crippen LogP contribution in [-0.4, -0.2) is 22.1 Å². The van der Waals surface area contributed by atoms with E-state index < -0.39 is 0 Å².